The first-order chi connectivity index (χ1) is 11.0. The van der Waals surface area contributed by atoms with Crippen molar-refractivity contribution < 1.29 is 18.7 Å². The summed E-state index contributed by atoms with van der Waals surface area (Å²) in [6.07, 6.45) is 0. The number of carbonyl (C=O) groups is 1. The first-order valence-corrected chi connectivity index (χ1v) is 6.57. The highest BCUT2D eigenvalue weighted by molar-refractivity contribution is 6.08. The van der Waals surface area contributed by atoms with E-state index in [9.17, 15) is 23.5 Å². The third-order valence-electron chi connectivity index (χ3n) is 3.28. The van der Waals surface area contributed by atoms with Gasteiger partial charge in [-0.3, -0.25) is 9.59 Å². The average molecular weight is 316 g/mol. The molecule has 1 aromatic heterocycles. The molecule has 3 aromatic rings. The number of hydrogen-bond donors (Lipinski definition) is 3. The van der Waals surface area contributed by atoms with Gasteiger partial charge in [-0.2, -0.15) is 0 Å². The SMILES string of the molecule is O=C(Nc1ccc(F)cc1)c1c(O)c2cc(F)ccc2[nH]c1=O. The minimum Gasteiger partial charge on any atom is -0.506 e. The van der Waals surface area contributed by atoms with Crippen molar-refractivity contribution in [1.29, 1.82) is 0 Å². The summed E-state index contributed by atoms with van der Waals surface area (Å²) in [4.78, 5) is 26.6. The topological polar surface area (TPSA) is 82.2 Å². The highest BCUT2D eigenvalue weighted by atomic mass is 19.1. The lowest BCUT2D eigenvalue weighted by Crippen LogP contribution is -2.23. The van der Waals surface area contributed by atoms with E-state index in [0.29, 0.717) is 0 Å². The average Bonchev–Trinajstić information content (AvgIpc) is 2.50. The number of carbonyl (C=O) groups excluding carboxylic acids is 1. The maximum Gasteiger partial charge on any atom is 0.265 e. The fourth-order valence-corrected chi connectivity index (χ4v) is 2.19. The molecule has 3 rings (SSSR count). The maximum atomic E-state index is 13.3. The van der Waals surface area contributed by atoms with Gasteiger partial charge in [-0.1, -0.05) is 0 Å². The molecule has 3 N–H and O–H groups in total. The van der Waals surface area contributed by atoms with E-state index >= 15 is 0 Å². The van der Waals surface area contributed by atoms with Gasteiger partial charge in [-0.25, -0.2) is 8.78 Å². The van der Waals surface area contributed by atoms with Crippen molar-refractivity contribution in [3.05, 3.63) is 70.0 Å². The number of halogens is 2. The number of pyridine rings is 1. The predicted octanol–water partition coefficient (Wildman–Crippen LogP) is 2.76. The number of hydrogen-bond acceptors (Lipinski definition) is 3. The summed E-state index contributed by atoms with van der Waals surface area (Å²) < 4.78 is 26.1. The Morgan fingerprint density at radius 3 is 2.39 bits per heavy atom. The van der Waals surface area contributed by atoms with Crippen molar-refractivity contribution >= 4 is 22.5 Å². The van der Waals surface area contributed by atoms with Crippen LogP contribution in [-0.2, 0) is 0 Å². The molecule has 0 aliphatic heterocycles. The lowest BCUT2D eigenvalue weighted by atomic mass is 10.1. The van der Waals surface area contributed by atoms with Crippen LogP contribution in [0.1, 0.15) is 10.4 Å². The maximum absolute atomic E-state index is 13.3. The third kappa shape index (κ3) is 2.76. The Bertz CT molecular complexity index is 965. The summed E-state index contributed by atoms with van der Waals surface area (Å²) >= 11 is 0. The summed E-state index contributed by atoms with van der Waals surface area (Å²) in [5, 5.41) is 12.5. The van der Waals surface area contributed by atoms with Crippen molar-refractivity contribution in [2.24, 2.45) is 0 Å². The molecule has 1 heterocycles. The van der Waals surface area contributed by atoms with Crippen molar-refractivity contribution in [3.8, 4) is 5.75 Å². The molecule has 2 aromatic carbocycles. The van der Waals surface area contributed by atoms with Gasteiger partial charge < -0.3 is 15.4 Å². The molecule has 0 saturated heterocycles. The predicted molar refractivity (Wildman–Crippen MR) is 80.5 cm³/mol. The molecule has 0 aliphatic rings. The number of aromatic amines is 1. The molecular formula is C16H10F2N2O3. The highest BCUT2D eigenvalue weighted by Gasteiger charge is 2.19. The van der Waals surface area contributed by atoms with Crippen molar-refractivity contribution in [1.82, 2.24) is 4.98 Å². The number of nitrogens with one attached hydrogen (secondary N) is 2. The first kappa shape index (κ1) is 14.7. The van der Waals surface area contributed by atoms with Gasteiger partial charge in [0, 0.05) is 11.1 Å². The zero-order valence-electron chi connectivity index (χ0n) is 11.6. The molecule has 0 aliphatic carbocycles. The second kappa shape index (κ2) is 5.53. The number of aromatic nitrogens is 1. The van der Waals surface area contributed by atoms with Gasteiger partial charge in [0.05, 0.1) is 5.52 Å². The molecule has 0 spiro atoms. The minimum absolute atomic E-state index is 0.00820. The van der Waals surface area contributed by atoms with Crippen LogP contribution >= 0.6 is 0 Å². The largest absolute Gasteiger partial charge is 0.506 e. The number of H-pyrrole nitrogens is 1. The fourth-order valence-electron chi connectivity index (χ4n) is 2.19. The van der Waals surface area contributed by atoms with Gasteiger partial charge in [-0.05, 0) is 42.5 Å². The van der Waals surface area contributed by atoms with E-state index in [2.05, 4.69) is 10.3 Å². The summed E-state index contributed by atoms with van der Waals surface area (Å²) in [6, 6.07) is 8.29. The normalized spacial score (nSPS) is 10.7. The standard InChI is InChI=1S/C16H10F2N2O3/c17-8-1-4-10(5-2-8)19-15(22)13-14(21)11-7-9(18)3-6-12(11)20-16(13)23/h1-7H,(H,19,22)(H2,20,21,23). The second-order valence-corrected chi connectivity index (χ2v) is 4.83. The Balaban J connectivity index is 2.06. The van der Waals surface area contributed by atoms with Gasteiger partial charge >= 0.3 is 0 Å². The molecule has 116 valence electrons. The fraction of sp³-hybridized carbons (Fsp3) is 0. The monoisotopic (exact) mass is 316 g/mol. The molecule has 23 heavy (non-hydrogen) atoms. The highest BCUT2D eigenvalue weighted by Crippen LogP contribution is 2.26. The lowest BCUT2D eigenvalue weighted by Gasteiger charge is -2.08. The van der Waals surface area contributed by atoms with E-state index in [1.54, 1.807) is 0 Å². The smallest absolute Gasteiger partial charge is 0.265 e. The van der Waals surface area contributed by atoms with Crippen molar-refractivity contribution in [3.63, 3.8) is 0 Å². The van der Waals surface area contributed by atoms with Gasteiger partial charge in [0.15, 0.2) is 0 Å². The quantitative estimate of drug-likeness (QED) is 0.680. The number of fused-ring (bicyclic) bond motifs is 1. The summed E-state index contributed by atoms with van der Waals surface area (Å²) in [7, 11) is 0. The molecular weight excluding hydrogens is 306 g/mol. The number of amides is 1. The zero-order chi connectivity index (χ0) is 16.6. The van der Waals surface area contributed by atoms with E-state index in [-0.39, 0.29) is 16.6 Å². The van der Waals surface area contributed by atoms with Crippen LogP contribution in [-0.4, -0.2) is 16.0 Å². The van der Waals surface area contributed by atoms with Crippen LogP contribution in [0.2, 0.25) is 0 Å². The van der Waals surface area contributed by atoms with Crippen LogP contribution in [0.25, 0.3) is 10.9 Å². The number of rotatable bonds is 2. The summed E-state index contributed by atoms with van der Waals surface area (Å²) in [5.41, 5.74) is -0.921. The molecule has 0 saturated carbocycles. The molecule has 0 fully saturated rings. The molecule has 0 radical (unpaired) electrons. The van der Waals surface area contributed by atoms with Gasteiger partial charge in [0.25, 0.3) is 11.5 Å². The molecule has 0 unspecified atom stereocenters. The van der Waals surface area contributed by atoms with E-state index in [0.717, 1.165) is 24.3 Å². The Morgan fingerprint density at radius 1 is 1.04 bits per heavy atom. The van der Waals surface area contributed by atoms with Crippen molar-refractivity contribution in [2.45, 2.75) is 0 Å². The van der Waals surface area contributed by atoms with E-state index in [1.807, 2.05) is 0 Å². The molecule has 0 atom stereocenters. The first-order valence-electron chi connectivity index (χ1n) is 6.57. The number of anilines is 1. The number of aromatic hydroxyl groups is 1. The van der Waals surface area contributed by atoms with E-state index in [4.69, 9.17) is 0 Å². The number of benzene rings is 2. The molecule has 5 nitrogen and oxygen atoms in total. The van der Waals surface area contributed by atoms with Crippen LogP contribution < -0.4 is 10.9 Å². The van der Waals surface area contributed by atoms with Gasteiger partial charge in [0.2, 0.25) is 0 Å². The van der Waals surface area contributed by atoms with E-state index in [1.165, 1.54) is 18.2 Å². The van der Waals surface area contributed by atoms with Gasteiger partial charge in [0.1, 0.15) is 22.9 Å². The second-order valence-electron chi connectivity index (χ2n) is 4.83. The zero-order valence-corrected chi connectivity index (χ0v) is 11.6. The molecule has 7 heteroatoms. The Morgan fingerprint density at radius 2 is 1.70 bits per heavy atom. The van der Waals surface area contributed by atoms with Crippen LogP contribution in [0.5, 0.6) is 5.75 Å². The van der Waals surface area contributed by atoms with Crippen LogP contribution in [0.3, 0.4) is 0 Å². The van der Waals surface area contributed by atoms with Gasteiger partial charge in [-0.15, -0.1) is 0 Å². The molecule has 0 bridgehead atoms. The van der Waals surface area contributed by atoms with Crippen LogP contribution in [0.15, 0.2) is 47.3 Å². The van der Waals surface area contributed by atoms with Crippen LogP contribution in [0.4, 0.5) is 14.5 Å². The minimum atomic E-state index is -0.887. The Labute approximate surface area is 128 Å². The lowest BCUT2D eigenvalue weighted by molar-refractivity contribution is 0.102. The Hall–Kier alpha value is -3.22. The third-order valence-corrected chi connectivity index (χ3v) is 3.28. The Kier molecular flexibility index (Phi) is 3.53. The van der Waals surface area contributed by atoms with Crippen LogP contribution in [0, 0.1) is 11.6 Å². The molecule has 1 amide bonds. The van der Waals surface area contributed by atoms with Crippen molar-refractivity contribution in [2.75, 3.05) is 5.32 Å². The summed E-state index contributed by atoms with van der Waals surface area (Å²) in [5.74, 6) is -2.61. The summed E-state index contributed by atoms with van der Waals surface area (Å²) in [6.45, 7) is 0. The van der Waals surface area contributed by atoms with E-state index < -0.39 is 34.4 Å².